The molecule has 1 saturated heterocycles. The molecule has 0 amide bonds. The molecule has 1 aliphatic rings. The van der Waals surface area contributed by atoms with Crippen molar-refractivity contribution in [3.63, 3.8) is 0 Å². The van der Waals surface area contributed by atoms with Crippen molar-refractivity contribution in [2.24, 2.45) is 5.92 Å². The van der Waals surface area contributed by atoms with Crippen LogP contribution in [0.5, 0.6) is 0 Å². The van der Waals surface area contributed by atoms with Gasteiger partial charge in [-0.3, -0.25) is 0 Å². The van der Waals surface area contributed by atoms with E-state index in [0.29, 0.717) is 29.2 Å². The zero-order valence-electron chi connectivity index (χ0n) is 15.3. The summed E-state index contributed by atoms with van der Waals surface area (Å²) in [7, 11) is 2.10. The Balaban J connectivity index is 1.73. The number of nitrogens with zero attached hydrogens (tertiary/aromatic N) is 3. The summed E-state index contributed by atoms with van der Waals surface area (Å²) < 4.78 is 52.3. The summed E-state index contributed by atoms with van der Waals surface area (Å²) in [4.78, 5) is 10.8. The number of nitrogens with one attached hydrogen (secondary N) is 1. The molecule has 1 aromatic heterocycles. The molecule has 146 valence electrons. The molecule has 0 spiro atoms. The second-order valence-corrected chi connectivity index (χ2v) is 7.04. The van der Waals surface area contributed by atoms with E-state index >= 15 is 0 Å². The Morgan fingerprint density at radius 1 is 1.26 bits per heavy atom. The zero-order chi connectivity index (χ0) is 19.6. The highest BCUT2D eigenvalue weighted by Gasteiger charge is 2.31. The van der Waals surface area contributed by atoms with E-state index in [1.54, 1.807) is 6.92 Å². The van der Waals surface area contributed by atoms with Gasteiger partial charge in [0.05, 0.1) is 11.3 Å². The highest BCUT2D eigenvalue weighted by molar-refractivity contribution is 5.66. The molecule has 0 aliphatic carbocycles. The minimum Gasteiger partial charge on any atom is -0.354 e. The third-order valence-corrected chi connectivity index (χ3v) is 4.84. The Morgan fingerprint density at radius 2 is 2.04 bits per heavy atom. The fourth-order valence-electron chi connectivity index (χ4n) is 3.40. The highest BCUT2D eigenvalue weighted by atomic mass is 19.4. The van der Waals surface area contributed by atoms with Gasteiger partial charge in [0.1, 0.15) is 5.82 Å². The normalized spacial score (nSPS) is 18.5. The Kier molecular flexibility index (Phi) is 5.64. The molecule has 1 aromatic carbocycles. The van der Waals surface area contributed by atoms with E-state index in [0.717, 1.165) is 44.6 Å². The standard InChI is InChI=1S/C19H22F4N4/c1-12-16(15-6-5-14(8-17(15)20)19(21,22)23)10-25-18(26-12)24-9-13-4-3-7-27(2)11-13/h5-6,8,10,13H,3-4,7,9,11H2,1-2H3,(H,24,25,26). The number of anilines is 1. The first-order valence-corrected chi connectivity index (χ1v) is 8.87. The lowest BCUT2D eigenvalue weighted by atomic mass is 9.99. The van der Waals surface area contributed by atoms with Gasteiger partial charge in [0.2, 0.25) is 5.95 Å². The van der Waals surface area contributed by atoms with Crippen molar-refractivity contribution in [3.05, 3.63) is 41.5 Å². The number of likely N-dealkylation sites (tertiary alicyclic amines) is 1. The van der Waals surface area contributed by atoms with Gasteiger partial charge >= 0.3 is 6.18 Å². The number of piperidine rings is 1. The van der Waals surface area contributed by atoms with E-state index in [-0.39, 0.29) is 5.56 Å². The molecule has 27 heavy (non-hydrogen) atoms. The van der Waals surface area contributed by atoms with Gasteiger partial charge < -0.3 is 10.2 Å². The molecule has 1 aliphatic heterocycles. The van der Waals surface area contributed by atoms with Crippen LogP contribution in [0.25, 0.3) is 11.1 Å². The molecule has 1 unspecified atom stereocenters. The second kappa shape index (κ2) is 7.80. The first-order chi connectivity index (χ1) is 12.7. The van der Waals surface area contributed by atoms with Gasteiger partial charge in [0.15, 0.2) is 0 Å². The lowest BCUT2D eigenvalue weighted by molar-refractivity contribution is -0.137. The second-order valence-electron chi connectivity index (χ2n) is 7.04. The number of alkyl halides is 3. The average Bonchev–Trinajstić information content (AvgIpc) is 2.60. The van der Waals surface area contributed by atoms with Crippen LogP contribution in [0.2, 0.25) is 0 Å². The molecule has 8 heteroatoms. The first-order valence-electron chi connectivity index (χ1n) is 8.87. The van der Waals surface area contributed by atoms with Gasteiger partial charge in [-0.2, -0.15) is 13.2 Å². The SMILES string of the molecule is Cc1nc(NCC2CCCN(C)C2)ncc1-c1ccc(C(F)(F)F)cc1F. The number of aryl methyl sites for hydroxylation is 1. The average molecular weight is 382 g/mol. The molecule has 3 rings (SSSR count). The lowest BCUT2D eigenvalue weighted by Gasteiger charge is -2.29. The van der Waals surface area contributed by atoms with E-state index in [1.165, 1.54) is 6.20 Å². The van der Waals surface area contributed by atoms with Gasteiger partial charge in [0, 0.05) is 30.4 Å². The highest BCUT2D eigenvalue weighted by Crippen LogP contribution is 2.33. The topological polar surface area (TPSA) is 41.1 Å². The van der Waals surface area contributed by atoms with E-state index in [2.05, 4.69) is 27.2 Å². The fraction of sp³-hybridized carbons (Fsp3) is 0.474. The van der Waals surface area contributed by atoms with Crippen molar-refractivity contribution in [1.82, 2.24) is 14.9 Å². The van der Waals surface area contributed by atoms with Crippen LogP contribution in [0.15, 0.2) is 24.4 Å². The molecular formula is C19H22F4N4. The van der Waals surface area contributed by atoms with Gasteiger partial charge in [-0.25, -0.2) is 14.4 Å². The number of hydrogen-bond donors (Lipinski definition) is 1. The Morgan fingerprint density at radius 3 is 2.67 bits per heavy atom. The Bertz CT molecular complexity index is 807. The molecule has 0 saturated carbocycles. The van der Waals surface area contributed by atoms with Gasteiger partial charge in [-0.15, -0.1) is 0 Å². The van der Waals surface area contributed by atoms with Crippen LogP contribution < -0.4 is 5.32 Å². The molecule has 1 atom stereocenters. The summed E-state index contributed by atoms with van der Waals surface area (Å²) in [5, 5.41) is 3.21. The summed E-state index contributed by atoms with van der Waals surface area (Å²) in [6.45, 7) is 4.56. The number of benzene rings is 1. The molecular weight excluding hydrogens is 360 g/mol. The maximum Gasteiger partial charge on any atom is 0.416 e. The summed E-state index contributed by atoms with van der Waals surface area (Å²) in [6.07, 6.45) is -0.824. The van der Waals surface area contributed by atoms with Crippen LogP contribution in [0, 0.1) is 18.7 Å². The van der Waals surface area contributed by atoms with E-state index in [9.17, 15) is 17.6 Å². The maximum absolute atomic E-state index is 14.2. The van der Waals surface area contributed by atoms with Crippen LogP contribution in [0.3, 0.4) is 0 Å². The fourth-order valence-corrected chi connectivity index (χ4v) is 3.40. The monoisotopic (exact) mass is 382 g/mol. The van der Waals surface area contributed by atoms with Crippen molar-refractivity contribution in [3.8, 4) is 11.1 Å². The molecule has 0 radical (unpaired) electrons. The first kappa shape index (κ1) is 19.5. The van der Waals surface area contributed by atoms with Gasteiger partial charge in [-0.05, 0) is 51.4 Å². The number of halogens is 4. The van der Waals surface area contributed by atoms with E-state index in [1.807, 2.05) is 0 Å². The molecule has 0 bridgehead atoms. The predicted octanol–water partition coefficient (Wildman–Crippen LogP) is 4.36. The molecule has 2 heterocycles. The number of hydrogen-bond acceptors (Lipinski definition) is 4. The lowest BCUT2D eigenvalue weighted by Crippen LogP contribution is -2.35. The smallest absolute Gasteiger partial charge is 0.354 e. The quantitative estimate of drug-likeness (QED) is 0.798. The van der Waals surface area contributed by atoms with Crippen molar-refractivity contribution >= 4 is 5.95 Å². The zero-order valence-corrected chi connectivity index (χ0v) is 15.3. The molecule has 1 N–H and O–H groups in total. The largest absolute Gasteiger partial charge is 0.416 e. The third-order valence-electron chi connectivity index (χ3n) is 4.84. The van der Waals surface area contributed by atoms with Crippen LogP contribution >= 0.6 is 0 Å². The van der Waals surface area contributed by atoms with E-state index in [4.69, 9.17) is 0 Å². The van der Waals surface area contributed by atoms with Gasteiger partial charge in [-0.1, -0.05) is 6.07 Å². The Hall–Kier alpha value is -2.22. The summed E-state index contributed by atoms with van der Waals surface area (Å²) in [5.41, 5.74) is -0.0740. The maximum atomic E-state index is 14.2. The Labute approximate surface area is 155 Å². The van der Waals surface area contributed by atoms with Gasteiger partial charge in [0.25, 0.3) is 0 Å². The van der Waals surface area contributed by atoms with Crippen LogP contribution in [-0.2, 0) is 6.18 Å². The van der Waals surface area contributed by atoms with Crippen LogP contribution in [-0.4, -0.2) is 41.5 Å². The predicted molar refractivity (Wildman–Crippen MR) is 95.9 cm³/mol. The minimum absolute atomic E-state index is 0.0564. The van der Waals surface area contributed by atoms with Crippen LogP contribution in [0.4, 0.5) is 23.5 Å². The van der Waals surface area contributed by atoms with E-state index < -0.39 is 17.6 Å². The molecule has 4 nitrogen and oxygen atoms in total. The molecule has 1 fully saturated rings. The van der Waals surface area contributed by atoms with Crippen molar-refractivity contribution in [2.75, 3.05) is 32.0 Å². The summed E-state index contributed by atoms with van der Waals surface area (Å²) in [5.74, 6) is 0.0129. The van der Waals surface area contributed by atoms with Crippen molar-refractivity contribution < 1.29 is 17.6 Å². The van der Waals surface area contributed by atoms with Crippen molar-refractivity contribution in [1.29, 1.82) is 0 Å². The summed E-state index contributed by atoms with van der Waals surface area (Å²) in [6, 6.07) is 2.49. The number of aromatic nitrogens is 2. The summed E-state index contributed by atoms with van der Waals surface area (Å²) >= 11 is 0. The third kappa shape index (κ3) is 4.74. The van der Waals surface area contributed by atoms with Crippen molar-refractivity contribution in [2.45, 2.75) is 25.9 Å². The molecule has 2 aromatic rings. The number of rotatable bonds is 4. The minimum atomic E-state index is -4.58. The van der Waals surface area contributed by atoms with Crippen LogP contribution in [0.1, 0.15) is 24.1 Å².